The average Bonchev–Trinajstić information content (AvgIpc) is 3.21. The van der Waals surface area contributed by atoms with Crippen LogP contribution >= 0.6 is 11.6 Å². The lowest BCUT2D eigenvalue weighted by Crippen LogP contribution is -2.38. The Morgan fingerprint density at radius 1 is 1.05 bits per heavy atom. The third-order valence-corrected chi connectivity index (χ3v) is 8.78. The molecule has 3 aromatic rings. The van der Waals surface area contributed by atoms with Gasteiger partial charge in [-0.05, 0) is 69.7 Å². The predicted molar refractivity (Wildman–Crippen MR) is 159 cm³/mol. The van der Waals surface area contributed by atoms with Gasteiger partial charge >= 0.3 is 5.97 Å². The van der Waals surface area contributed by atoms with Gasteiger partial charge in [0.2, 0.25) is 5.91 Å². The number of ether oxygens (including phenoxy) is 3. The molecule has 10 heteroatoms. The quantitative estimate of drug-likeness (QED) is 0.314. The molecule has 0 aliphatic carbocycles. The zero-order chi connectivity index (χ0) is 30.0. The highest BCUT2D eigenvalue weighted by molar-refractivity contribution is 6.30. The van der Waals surface area contributed by atoms with Crippen LogP contribution in [0.4, 0.5) is 0 Å². The molecule has 2 aromatic carbocycles. The van der Waals surface area contributed by atoms with Gasteiger partial charge in [0.25, 0.3) is 0 Å². The highest BCUT2D eigenvalue weighted by Gasteiger charge is 2.36. The smallest absolute Gasteiger partial charge is 0.303 e. The Balaban J connectivity index is 1.45. The number of carboxylic acids is 1. The Hall–Kier alpha value is -3.56. The van der Waals surface area contributed by atoms with Crippen LogP contribution in [-0.2, 0) is 14.3 Å². The van der Waals surface area contributed by atoms with Crippen LogP contribution in [0, 0.1) is 19.8 Å². The molecule has 2 aliphatic heterocycles. The fraction of sp³-hybridized carbons (Fsp3) is 0.469. The van der Waals surface area contributed by atoms with Gasteiger partial charge in [0, 0.05) is 47.8 Å². The molecule has 2 aliphatic rings. The number of benzene rings is 2. The summed E-state index contributed by atoms with van der Waals surface area (Å²) in [7, 11) is 3.21. The van der Waals surface area contributed by atoms with Crippen LogP contribution in [0.15, 0.2) is 36.4 Å². The molecule has 1 N–H and O–H groups in total. The molecule has 224 valence electrons. The summed E-state index contributed by atoms with van der Waals surface area (Å²) in [5.74, 6) is 1.56. The van der Waals surface area contributed by atoms with Crippen molar-refractivity contribution >= 4 is 23.5 Å². The highest BCUT2D eigenvalue weighted by atomic mass is 35.5. The average molecular weight is 596 g/mol. The maximum Gasteiger partial charge on any atom is 0.303 e. The van der Waals surface area contributed by atoms with Crippen LogP contribution in [-0.4, -0.2) is 58.7 Å². The van der Waals surface area contributed by atoms with Crippen molar-refractivity contribution in [3.8, 4) is 17.2 Å². The Labute approximate surface area is 251 Å². The number of carboxylic acid groups (broad SMARTS) is 1. The minimum atomic E-state index is -0.768. The first-order valence-corrected chi connectivity index (χ1v) is 14.8. The van der Waals surface area contributed by atoms with Gasteiger partial charge < -0.3 is 24.2 Å². The standard InChI is InChI=1S/C32H38ClN3O6/c1-19-20(2)36-25-10-9-22(33)18-24(25)30(23-6-5-7-26(40-3)31(23)41-4)42-27(32(36)34-19)11-12-28(37)35-16-14-21(15-17-35)8-13-29(38)39/h5-7,9-10,18,21,27,30H,8,11-17H2,1-4H3,(H,38,39). The van der Waals surface area contributed by atoms with Crippen molar-refractivity contribution in [1.29, 1.82) is 0 Å². The number of piperidine rings is 1. The molecule has 0 saturated carbocycles. The van der Waals surface area contributed by atoms with E-state index < -0.39 is 18.2 Å². The minimum absolute atomic E-state index is 0.0714. The molecule has 1 amide bonds. The number of amides is 1. The van der Waals surface area contributed by atoms with E-state index in [9.17, 15) is 9.59 Å². The zero-order valence-electron chi connectivity index (χ0n) is 24.6. The van der Waals surface area contributed by atoms with Crippen molar-refractivity contribution in [3.05, 3.63) is 69.8 Å². The monoisotopic (exact) mass is 595 g/mol. The first-order valence-electron chi connectivity index (χ1n) is 14.4. The molecule has 1 aromatic heterocycles. The van der Waals surface area contributed by atoms with Crippen LogP contribution in [0.3, 0.4) is 0 Å². The van der Waals surface area contributed by atoms with Crippen LogP contribution < -0.4 is 9.47 Å². The van der Waals surface area contributed by atoms with E-state index in [-0.39, 0.29) is 12.3 Å². The third kappa shape index (κ3) is 5.99. The van der Waals surface area contributed by atoms with Gasteiger partial charge in [-0.3, -0.25) is 14.2 Å². The maximum atomic E-state index is 13.4. The third-order valence-electron chi connectivity index (χ3n) is 8.54. The molecular formula is C32H38ClN3O6. The van der Waals surface area contributed by atoms with Gasteiger partial charge in [0.15, 0.2) is 11.5 Å². The summed E-state index contributed by atoms with van der Waals surface area (Å²) in [5, 5.41) is 9.59. The van der Waals surface area contributed by atoms with E-state index in [4.69, 9.17) is 35.9 Å². The Bertz CT molecular complexity index is 1460. The van der Waals surface area contributed by atoms with Gasteiger partial charge in [0.1, 0.15) is 18.0 Å². The van der Waals surface area contributed by atoms with Gasteiger partial charge in [-0.1, -0.05) is 23.7 Å². The summed E-state index contributed by atoms with van der Waals surface area (Å²) in [6.45, 7) is 5.31. The number of aliphatic carboxylic acids is 1. The number of para-hydroxylation sites is 1. The number of aromatic nitrogens is 2. The zero-order valence-corrected chi connectivity index (χ0v) is 25.3. The number of aryl methyl sites for hydroxylation is 1. The van der Waals surface area contributed by atoms with E-state index >= 15 is 0 Å². The minimum Gasteiger partial charge on any atom is -0.493 e. The number of rotatable bonds is 9. The number of methoxy groups -OCH3 is 2. The van der Waals surface area contributed by atoms with E-state index in [2.05, 4.69) is 4.57 Å². The summed E-state index contributed by atoms with van der Waals surface area (Å²) in [6, 6.07) is 11.5. The molecule has 9 nitrogen and oxygen atoms in total. The second-order valence-electron chi connectivity index (χ2n) is 11.1. The predicted octanol–water partition coefficient (Wildman–Crippen LogP) is 6.20. The van der Waals surface area contributed by atoms with Crippen molar-refractivity contribution in [2.24, 2.45) is 5.92 Å². The number of fused-ring (bicyclic) bond motifs is 3. The Morgan fingerprint density at radius 2 is 1.81 bits per heavy atom. The van der Waals surface area contributed by atoms with Gasteiger partial charge in [-0.25, -0.2) is 4.98 Å². The van der Waals surface area contributed by atoms with Gasteiger partial charge in [0.05, 0.1) is 25.6 Å². The molecule has 2 atom stereocenters. The van der Waals surface area contributed by atoms with Crippen molar-refractivity contribution in [2.75, 3.05) is 27.3 Å². The van der Waals surface area contributed by atoms with Gasteiger partial charge in [-0.2, -0.15) is 0 Å². The van der Waals surface area contributed by atoms with E-state index in [0.29, 0.717) is 54.8 Å². The van der Waals surface area contributed by atoms with E-state index in [1.165, 1.54) is 0 Å². The summed E-state index contributed by atoms with van der Waals surface area (Å²) < 4.78 is 20.4. The Kier molecular flexibility index (Phi) is 9.08. The molecule has 42 heavy (non-hydrogen) atoms. The number of carbonyl (C=O) groups is 2. The van der Waals surface area contributed by atoms with Crippen LogP contribution in [0.5, 0.6) is 11.5 Å². The second-order valence-corrected chi connectivity index (χ2v) is 11.5. The number of likely N-dealkylation sites (tertiary alicyclic amines) is 1. The molecular weight excluding hydrogens is 558 g/mol. The SMILES string of the molecule is COc1cccc(C2OC(CCC(=O)N3CCC(CCC(=O)O)CC3)c3nc(C)c(C)n3-c3ccc(Cl)cc32)c1OC. The fourth-order valence-electron chi connectivity index (χ4n) is 6.16. The largest absolute Gasteiger partial charge is 0.493 e. The molecule has 0 spiro atoms. The summed E-state index contributed by atoms with van der Waals surface area (Å²) in [5.41, 5.74) is 4.47. The van der Waals surface area contributed by atoms with Crippen LogP contribution in [0.2, 0.25) is 5.02 Å². The lowest BCUT2D eigenvalue weighted by atomic mass is 9.92. The van der Waals surface area contributed by atoms with Crippen molar-refractivity contribution < 1.29 is 28.9 Å². The molecule has 2 unspecified atom stereocenters. The lowest BCUT2D eigenvalue weighted by Gasteiger charge is -2.32. The summed E-state index contributed by atoms with van der Waals surface area (Å²) in [6.07, 6.45) is 2.19. The molecule has 0 bridgehead atoms. The lowest BCUT2D eigenvalue weighted by molar-refractivity contribution is -0.138. The number of hydrogen-bond acceptors (Lipinski definition) is 6. The molecule has 1 fully saturated rings. The number of hydrogen-bond donors (Lipinski definition) is 1. The topological polar surface area (TPSA) is 103 Å². The number of nitrogens with zero attached hydrogens (tertiary/aromatic N) is 3. The van der Waals surface area contributed by atoms with Crippen LogP contribution in [0.25, 0.3) is 5.69 Å². The fourth-order valence-corrected chi connectivity index (χ4v) is 6.34. The molecule has 0 radical (unpaired) electrons. The van der Waals surface area contributed by atoms with E-state index in [1.54, 1.807) is 14.2 Å². The van der Waals surface area contributed by atoms with E-state index in [0.717, 1.165) is 46.9 Å². The first-order chi connectivity index (χ1) is 20.2. The summed E-state index contributed by atoms with van der Waals surface area (Å²) >= 11 is 6.54. The van der Waals surface area contributed by atoms with Crippen LogP contribution in [0.1, 0.15) is 79.1 Å². The van der Waals surface area contributed by atoms with Crippen molar-refractivity contribution in [2.45, 2.75) is 64.6 Å². The Morgan fingerprint density at radius 3 is 2.50 bits per heavy atom. The van der Waals surface area contributed by atoms with Gasteiger partial charge in [-0.15, -0.1) is 0 Å². The second kappa shape index (κ2) is 12.8. The van der Waals surface area contributed by atoms with Crippen molar-refractivity contribution in [3.63, 3.8) is 0 Å². The molecule has 5 rings (SSSR count). The number of halogens is 1. The molecule has 3 heterocycles. The molecule has 1 saturated heterocycles. The van der Waals surface area contributed by atoms with Crippen molar-refractivity contribution in [1.82, 2.24) is 14.5 Å². The number of carbonyl (C=O) groups excluding carboxylic acids is 1. The summed E-state index contributed by atoms with van der Waals surface area (Å²) in [4.78, 5) is 31.2. The highest BCUT2D eigenvalue weighted by Crippen LogP contribution is 2.47. The first kappa shape index (κ1) is 29.9. The van der Waals surface area contributed by atoms with E-state index in [1.807, 2.05) is 55.1 Å². The normalized spacial score (nSPS) is 18.6. The maximum absolute atomic E-state index is 13.4. The number of imidazole rings is 1.